The fourth-order valence-electron chi connectivity index (χ4n) is 4.88. The van der Waals surface area contributed by atoms with Crippen LogP contribution in [-0.4, -0.2) is 23.3 Å². The molecule has 0 bridgehead atoms. The maximum absolute atomic E-state index is 11.7. The molecule has 1 fully saturated rings. The molecule has 1 aromatic carbocycles. The molecule has 4 heteroatoms. The van der Waals surface area contributed by atoms with Crippen LogP contribution in [0.4, 0.5) is 0 Å². The van der Waals surface area contributed by atoms with Crippen LogP contribution < -0.4 is 0 Å². The van der Waals surface area contributed by atoms with Crippen LogP contribution in [0.1, 0.15) is 64.5 Å². The van der Waals surface area contributed by atoms with Crippen LogP contribution in [0.2, 0.25) is 5.02 Å². The standard InChI is InChI=1S/C24H31ClO3/c1-15-10-16(6-9-21(15)25)19-13-23(2,3)14-24(4,5)20(19)8-7-18-11-17(26)12-22(27)28-18/h6-10,17-18,26H,11-14H2,1-5H3. The van der Waals surface area contributed by atoms with Crippen molar-refractivity contribution in [2.75, 3.05) is 0 Å². The first kappa shape index (κ1) is 21.1. The minimum absolute atomic E-state index is 0.0155. The summed E-state index contributed by atoms with van der Waals surface area (Å²) in [6.07, 6.45) is 5.65. The zero-order chi connectivity index (χ0) is 20.7. The lowest BCUT2D eigenvalue weighted by Gasteiger charge is -2.43. The summed E-state index contributed by atoms with van der Waals surface area (Å²) in [5.41, 5.74) is 5.03. The molecule has 2 aliphatic rings. The number of rotatable bonds is 3. The first-order valence-electron chi connectivity index (χ1n) is 10.0. The first-order valence-corrected chi connectivity index (χ1v) is 10.4. The van der Waals surface area contributed by atoms with E-state index in [4.69, 9.17) is 16.3 Å². The smallest absolute Gasteiger partial charge is 0.309 e. The fourth-order valence-corrected chi connectivity index (χ4v) is 5.00. The van der Waals surface area contributed by atoms with Gasteiger partial charge >= 0.3 is 5.97 Å². The number of esters is 1. The first-order chi connectivity index (χ1) is 13.0. The number of hydrogen-bond acceptors (Lipinski definition) is 3. The van der Waals surface area contributed by atoms with Gasteiger partial charge in [-0.3, -0.25) is 4.79 Å². The quantitative estimate of drug-likeness (QED) is 0.643. The maximum atomic E-state index is 11.7. The Labute approximate surface area is 173 Å². The number of aliphatic hydroxyl groups excluding tert-OH is 1. The molecule has 1 N–H and O–H groups in total. The molecule has 28 heavy (non-hydrogen) atoms. The Hall–Kier alpha value is -1.58. The topological polar surface area (TPSA) is 46.5 Å². The number of allylic oxidation sites excluding steroid dienone is 3. The molecule has 0 radical (unpaired) electrons. The van der Waals surface area contributed by atoms with Crippen LogP contribution in [0.15, 0.2) is 35.9 Å². The summed E-state index contributed by atoms with van der Waals surface area (Å²) >= 11 is 6.26. The highest BCUT2D eigenvalue weighted by molar-refractivity contribution is 6.31. The van der Waals surface area contributed by atoms with Gasteiger partial charge in [0, 0.05) is 11.4 Å². The minimum atomic E-state index is -0.624. The largest absolute Gasteiger partial charge is 0.458 e. The Bertz CT molecular complexity index is 832. The van der Waals surface area contributed by atoms with Crippen LogP contribution >= 0.6 is 11.6 Å². The molecule has 0 saturated carbocycles. The molecule has 2 unspecified atom stereocenters. The van der Waals surface area contributed by atoms with Crippen molar-refractivity contribution in [2.24, 2.45) is 10.8 Å². The summed E-state index contributed by atoms with van der Waals surface area (Å²) in [7, 11) is 0. The van der Waals surface area contributed by atoms with E-state index in [-0.39, 0.29) is 29.3 Å². The molecule has 1 aliphatic carbocycles. The molecule has 1 aromatic rings. The van der Waals surface area contributed by atoms with Crippen molar-refractivity contribution in [2.45, 2.75) is 72.5 Å². The van der Waals surface area contributed by atoms with E-state index in [1.54, 1.807) is 0 Å². The zero-order valence-corrected chi connectivity index (χ0v) is 18.3. The lowest BCUT2D eigenvalue weighted by Crippen LogP contribution is -2.32. The van der Waals surface area contributed by atoms with Gasteiger partial charge in [0.05, 0.1) is 12.5 Å². The number of hydrogen-bond donors (Lipinski definition) is 1. The highest BCUT2D eigenvalue weighted by atomic mass is 35.5. The molecule has 152 valence electrons. The Morgan fingerprint density at radius 2 is 1.96 bits per heavy atom. The number of halogens is 1. The number of carbonyl (C=O) groups is 1. The van der Waals surface area contributed by atoms with Gasteiger partial charge in [0.25, 0.3) is 0 Å². The van der Waals surface area contributed by atoms with Gasteiger partial charge in [-0.25, -0.2) is 0 Å². The summed E-state index contributed by atoms with van der Waals surface area (Å²) < 4.78 is 5.41. The van der Waals surface area contributed by atoms with E-state index in [0.717, 1.165) is 23.4 Å². The molecular formula is C24H31ClO3. The number of aliphatic hydroxyl groups is 1. The minimum Gasteiger partial charge on any atom is -0.458 e. The van der Waals surface area contributed by atoms with E-state index in [9.17, 15) is 9.90 Å². The molecule has 1 heterocycles. The Morgan fingerprint density at radius 3 is 2.61 bits per heavy atom. The van der Waals surface area contributed by atoms with Gasteiger partial charge in [-0.1, -0.05) is 57.5 Å². The Kier molecular flexibility index (Phi) is 5.80. The average Bonchev–Trinajstić information content (AvgIpc) is 2.53. The third-order valence-electron chi connectivity index (χ3n) is 5.80. The summed E-state index contributed by atoms with van der Waals surface area (Å²) in [5, 5.41) is 10.7. The van der Waals surface area contributed by atoms with E-state index in [2.05, 4.69) is 45.9 Å². The highest BCUT2D eigenvalue weighted by Crippen LogP contribution is 2.52. The number of cyclic esters (lactones) is 1. The molecule has 0 aromatic heterocycles. The van der Waals surface area contributed by atoms with E-state index in [0.29, 0.717) is 6.42 Å². The monoisotopic (exact) mass is 402 g/mol. The van der Waals surface area contributed by atoms with Crippen molar-refractivity contribution < 1.29 is 14.6 Å². The molecular weight excluding hydrogens is 372 g/mol. The van der Waals surface area contributed by atoms with Crippen molar-refractivity contribution >= 4 is 23.1 Å². The van der Waals surface area contributed by atoms with Gasteiger partial charge in [-0.15, -0.1) is 0 Å². The zero-order valence-electron chi connectivity index (χ0n) is 17.5. The Morgan fingerprint density at radius 1 is 1.25 bits per heavy atom. The molecule has 0 spiro atoms. The SMILES string of the molecule is Cc1cc(C2=C(C=CC3CC(O)CC(=O)O3)C(C)(C)CC(C)(C)C2)ccc1Cl. The third kappa shape index (κ3) is 4.69. The molecule has 3 nitrogen and oxygen atoms in total. The molecule has 1 saturated heterocycles. The molecule has 1 aliphatic heterocycles. The predicted octanol–water partition coefficient (Wildman–Crippen LogP) is 5.87. The highest BCUT2D eigenvalue weighted by Gasteiger charge is 2.38. The Balaban J connectivity index is 2.04. The van der Waals surface area contributed by atoms with Crippen molar-refractivity contribution in [3.05, 3.63) is 52.1 Å². The normalized spacial score (nSPS) is 27.2. The number of aryl methyl sites for hydroxylation is 1. The van der Waals surface area contributed by atoms with Crippen LogP contribution in [-0.2, 0) is 9.53 Å². The number of ether oxygens (including phenoxy) is 1. The van der Waals surface area contributed by atoms with E-state index < -0.39 is 6.10 Å². The van der Waals surface area contributed by atoms with Crippen molar-refractivity contribution in [1.29, 1.82) is 0 Å². The van der Waals surface area contributed by atoms with E-state index in [1.165, 1.54) is 16.7 Å². The van der Waals surface area contributed by atoms with Gasteiger partial charge in [-0.05, 0) is 65.0 Å². The number of carbonyl (C=O) groups excluding carboxylic acids is 1. The fraction of sp³-hybridized carbons (Fsp3) is 0.542. The molecule has 2 atom stereocenters. The van der Waals surface area contributed by atoms with Gasteiger partial charge in [0.1, 0.15) is 6.10 Å². The summed E-state index contributed by atoms with van der Waals surface area (Å²) in [4.78, 5) is 11.7. The van der Waals surface area contributed by atoms with Crippen LogP contribution in [0, 0.1) is 17.8 Å². The van der Waals surface area contributed by atoms with E-state index >= 15 is 0 Å². The van der Waals surface area contributed by atoms with Gasteiger partial charge in [0.2, 0.25) is 0 Å². The second-order valence-electron chi connectivity index (χ2n) is 9.74. The lowest BCUT2D eigenvalue weighted by molar-refractivity contribution is -0.156. The van der Waals surface area contributed by atoms with Crippen molar-refractivity contribution in [3.63, 3.8) is 0 Å². The van der Waals surface area contributed by atoms with Crippen LogP contribution in [0.3, 0.4) is 0 Å². The second kappa shape index (κ2) is 7.68. The van der Waals surface area contributed by atoms with Crippen LogP contribution in [0.25, 0.3) is 5.57 Å². The summed E-state index contributed by atoms with van der Waals surface area (Å²) in [6, 6.07) is 6.22. The summed E-state index contributed by atoms with van der Waals surface area (Å²) in [5.74, 6) is -0.333. The second-order valence-corrected chi connectivity index (χ2v) is 10.1. The third-order valence-corrected chi connectivity index (χ3v) is 6.23. The predicted molar refractivity (Wildman–Crippen MR) is 114 cm³/mol. The number of benzene rings is 1. The molecule has 3 rings (SSSR count). The summed E-state index contributed by atoms with van der Waals surface area (Å²) in [6.45, 7) is 11.2. The van der Waals surface area contributed by atoms with Crippen molar-refractivity contribution in [3.8, 4) is 0 Å². The lowest BCUT2D eigenvalue weighted by atomic mass is 9.61. The molecule has 0 amide bonds. The van der Waals surface area contributed by atoms with Gasteiger partial charge in [0.15, 0.2) is 0 Å². The van der Waals surface area contributed by atoms with Crippen molar-refractivity contribution in [1.82, 2.24) is 0 Å². The average molecular weight is 403 g/mol. The van der Waals surface area contributed by atoms with E-state index in [1.807, 2.05) is 19.1 Å². The van der Waals surface area contributed by atoms with Gasteiger partial charge < -0.3 is 9.84 Å². The van der Waals surface area contributed by atoms with Crippen LogP contribution in [0.5, 0.6) is 0 Å². The van der Waals surface area contributed by atoms with Gasteiger partial charge in [-0.2, -0.15) is 0 Å². The maximum Gasteiger partial charge on any atom is 0.309 e.